The van der Waals surface area contributed by atoms with Gasteiger partial charge in [0.15, 0.2) is 0 Å². The van der Waals surface area contributed by atoms with Gasteiger partial charge in [-0.15, -0.1) is 0 Å². The van der Waals surface area contributed by atoms with Crippen LogP contribution in [0.2, 0.25) is 0 Å². The fourth-order valence-corrected chi connectivity index (χ4v) is 3.80. The van der Waals surface area contributed by atoms with E-state index in [0.717, 1.165) is 52.2 Å². The number of nitrogens with one attached hydrogen (secondary N) is 1. The third-order valence-corrected chi connectivity index (χ3v) is 4.94. The first-order valence-corrected chi connectivity index (χ1v) is 7.84. The van der Waals surface area contributed by atoms with Crippen LogP contribution in [0, 0.1) is 13.8 Å². The third kappa shape index (κ3) is 2.50. The molecule has 2 aliphatic heterocycles. The average Bonchev–Trinajstić information content (AvgIpc) is 2.51. The van der Waals surface area contributed by atoms with Gasteiger partial charge in [-0.1, -0.05) is 23.8 Å². The van der Waals surface area contributed by atoms with E-state index in [-0.39, 0.29) is 5.54 Å². The molecule has 2 aliphatic rings. The van der Waals surface area contributed by atoms with Crippen molar-refractivity contribution in [1.82, 2.24) is 10.2 Å². The van der Waals surface area contributed by atoms with Crippen LogP contribution in [0.1, 0.15) is 29.5 Å². The highest BCUT2D eigenvalue weighted by molar-refractivity contribution is 5.37. The summed E-state index contributed by atoms with van der Waals surface area (Å²) < 4.78 is 5.66. The Hall–Kier alpha value is -0.900. The summed E-state index contributed by atoms with van der Waals surface area (Å²) in [5.74, 6) is 0. The van der Waals surface area contributed by atoms with Gasteiger partial charge in [-0.25, -0.2) is 0 Å². The summed E-state index contributed by atoms with van der Waals surface area (Å²) in [4.78, 5) is 2.70. The number of aryl methyl sites for hydroxylation is 2. The second kappa shape index (κ2) is 5.84. The SMILES string of the molecule is Cc1ccc(C)c(C2(N3CCNCC3)CCOCC2)c1. The van der Waals surface area contributed by atoms with Crippen LogP contribution in [0.3, 0.4) is 0 Å². The van der Waals surface area contributed by atoms with E-state index in [4.69, 9.17) is 4.74 Å². The van der Waals surface area contributed by atoms with Crippen molar-refractivity contribution < 1.29 is 4.74 Å². The molecule has 1 N–H and O–H groups in total. The Morgan fingerprint density at radius 2 is 1.80 bits per heavy atom. The Labute approximate surface area is 122 Å². The van der Waals surface area contributed by atoms with Crippen molar-refractivity contribution in [3.05, 3.63) is 34.9 Å². The van der Waals surface area contributed by atoms with Crippen LogP contribution in [0.15, 0.2) is 18.2 Å². The van der Waals surface area contributed by atoms with Gasteiger partial charge in [-0.2, -0.15) is 0 Å². The van der Waals surface area contributed by atoms with Crippen LogP contribution in [0.25, 0.3) is 0 Å². The number of ether oxygens (including phenoxy) is 1. The molecule has 0 unspecified atom stereocenters. The topological polar surface area (TPSA) is 24.5 Å². The molecule has 3 nitrogen and oxygen atoms in total. The monoisotopic (exact) mass is 274 g/mol. The molecule has 2 saturated heterocycles. The van der Waals surface area contributed by atoms with Gasteiger partial charge in [-0.3, -0.25) is 4.90 Å². The number of piperazine rings is 1. The van der Waals surface area contributed by atoms with Crippen molar-refractivity contribution >= 4 is 0 Å². The van der Waals surface area contributed by atoms with Crippen LogP contribution in [-0.4, -0.2) is 44.3 Å². The van der Waals surface area contributed by atoms with Gasteiger partial charge in [0.25, 0.3) is 0 Å². The number of nitrogens with zero attached hydrogens (tertiary/aromatic N) is 1. The number of hydrogen-bond donors (Lipinski definition) is 1. The largest absolute Gasteiger partial charge is 0.381 e. The summed E-state index contributed by atoms with van der Waals surface area (Å²) in [5, 5.41) is 3.48. The predicted molar refractivity (Wildman–Crippen MR) is 82.1 cm³/mol. The van der Waals surface area contributed by atoms with Crippen molar-refractivity contribution in [2.45, 2.75) is 32.2 Å². The second-order valence-electron chi connectivity index (χ2n) is 6.20. The molecule has 0 saturated carbocycles. The van der Waals surface area contributed by atoms with E-state index < -0.39 is 0 Å². The maximum atomic E-state index is 5.66. The quantitative estimate of drug-likeness (QED) is 0.895. The lowest BCUT2D eigenvalue weighted by molar-refractivity contribution is -0.0376. The molecule has 0 bridgehead atoms. The van der Waals surface area contributed by atoms with Crippen molar-refractivity contribution in [2.75, 3.05) is 39.4 Å². The first kappa shape index (κ1) is 14.1. The van der Waals surface area contributed by atoms with Gasteiger partial charge in [-0.05, 0) is 37.8 Å². The molecule has 2 fully saturated rings. The fourth-order valence-electron chi connectivity index (χ4n) is 3.80. The zero-order valence-corrected chi connectivity index (χ0v) is 12.7. The van der Waals surface area contributed by atoms with Crippen molar-refractivity contribution in [1.29, 1.82) is 0 Å². The smallest absolute Gasteiger partial charge is 0.0508 e. The highest BCUT2D eigenvalue weighted by atomic mass is 16.5. The van der Waals surface area contributed by atoms with E-state index in [9.17, 15) is 0 Å². The Balaban J connectivity index is 2.02. The Kier molecular flexibility index (Phi) is 4.11. The molecule has 0 radical (unpaired) electrons. The number of benzene rings is 1. The minimum absolute atomic E-state index is 0.191. The molecule has 0 spiro atoms. The number of rotatable bonds is 2. The second-order valence-corrected chi connectivity index (χ2v) is 6.20. The summed E-state index contributed by atoms with van der Waals surface area (Å²) in [6.07, 6.45) is 2.24. The highest BCUT2D eigenvalue weighted by Gasteiger charge is 2.41. The van der Waals surface area contributed by atoms with E-state index in [2.05, 4.69) is 42.3 Å². The summed E-state index contributed by atoms with van der Waals surface area (Å²) >= 11 is 0. The molecule has 1 aromatic rings. The zero-order chi connectivity index (χ0) is 14.0. The van der Waals surface area contributed by atoms with Crippen molar-refractivity contribution in [3.8, 4) is 0 Å². The normalized spacial score (nSPS) is 23.7. The first-order valence-electron chi connectivity index (χ1n) is 7.84. The van der Waals surface area contributed by atoms with Gasteiger partial charge < -0.3 is 10.1 Å². The van der Waals surface area contributed by atoms with Crippen LogP contribution < -0.4 is 5.32 Å². The first-order chi connectivity index (χ1) is 9.72. The van der Waals surface area contributed by atoms with Crippen molar-refractivity contribution in [3.63, 3.8) is 0 Å². The third-order valence-electron chi connectivity index (χ3n) is 4.94. The number of hydrogen-bond acceptors (Lipinski definition) is 3. The molecule has 110 valence electrons. The van der Waals surface area contributed by atoms with Crippen LogP contribution in [0.5, 0.6) is 0 Å². The van der Waals surface area contributed by atoms with E-state index in [1.807, 2.05) is 0 Å². The molecule has 3 heteroatoms. The summed E-state index contributed by atoms with van der Waals surface area (Å²) in [5.41, 5.74) is 4.52. The molecule has 3 rings (SSSR count). The molecule has 20 heavy (non-hydrogen) atoms. The maximum absolute atomic E-state index is 5.66. The van der Waals surface area contributed by atoms with Gasteiger partial charge >= 0.3 is 0 Å². The Morgan fingerprint density at radius 3 is 2.50 bits per heavy atom. The molecule has 0 aliphatic carbocycles. The lowest BCUT2D eigenvalue weighted by Crippen LogP contribution is -2.56. The predicted octanol–water partition coefficient (Wildman–Crippen LogP) is 2.21. The highest BCUT2D eigenvalue weighted by Crippen LogP contribution is 2.40. The lowest BCUT2D eigenvalue weighted by Gasteiger charge is -2.49. The maximum Gasteiger partial charge on any atom is 0.0508 e. The van der Waals surface area contributed by atoms with Gasteiger partial charge in [0.1, 0.15) is 0 Å². The lowest BCUT2D eigenvalue weighted by atomic mass is 9.78. The van der Waals surface area contributed by atoms with Crippen molar-refractivity contribution in [2.24, 2.45) is 0 Å². The Morgan fingerprint density at radius 1 is 1.10 bits per heavy atom. The van der Waals surface area contributed by atoms with Gasteiger partial charge in [0.2, 0.25) is 0 Å². The average molecular weight is 274 g/mol. The molecule has 0 atom stereocenters. The molecular formula is C17H26N2O. The minimum atomic E-state index is 0.191. The summed E-state index contributed by atoms with van der Waals surface area (Å²) in [7, 11) is 0. The standard InChI is InChI=1S/C17H26N2O/c1-14-3-4-15(2)16(13-14)17(5-11-20-12-6-17)19-9-7-18-8-10-19/h3-4,13,18H,5-12H2,1-2H3. The zero-order valence-electron chi connectivity index (χ0n) is 12.7. The van der Waals surface area contributed by atoms with Crippen LogP contribution in [-0.2, 0) is 10.3 Å². The molecular weight excluding hydrogens is 248 g/mol. The van der Waals surface area contributed by atoms with Crippen LogP contribution >= 0.6 is 0 Å². The molecule has 2 heterocycles. The minimum Gasteiger partial charge on any atom is -0.381 e. The summed E-state index contributed by atoms with van der Waals surface area (Å²) in [6, 6.07) is 6.91. The molecule has 1 aromatic carbocycles. The molecule has 0 aromatic heterocycles. The van der Waals surface area contributed by atoms with Gasteiger partial charge in [0, 0.05) is 39.4 Å². The fraction of sp³-hybridized carbons (Fsp3) is 0.647. The Bertz CT molecular complexity index is 460. The van der Waals surface area contributed by atoms with Crippen LogP contribution in [0.4, 0.5) is 0 Å². The van der Waals surface area contributed by atoms with E-state index in [1.54, 1.807) is 0 Å². The molecule has 0 amide bonds. The summed E-state index contributed by atoms with van der Waals surface area (Å²) in [6.45, 7) is 10.7. The van der Waals surface area contributed by atoms with E-state index in [0.29, 0.717) is 0 Å². The van der Waals surface area contributed by atoms with E-state index >= 15 is 0 Å². The van der Waals surface area contributed by atoms with E-state index in [1.165, 1.54) is 16.7 Å². The van der Waals surface area contributed by atoms with Gasteiger partial charge in [0.05, 0.1) is 5.54 Å².